The van der Waals surface area contributed by atoms with Gasteiger partial charge in [-0.05, 0) is 46.0 Å². The summed E-state index contributed by atoms with van der Waals surface area (Å²) in [6.07, 6.45) is 2.11. The van der Waals surface area contributed by atoms with Gasteiger partial charge in [0.15, 0.2) is 6.61 Å². The van der Waals surface area contributed by atoms with Gasteiger partial charge >= 0.3 is 12.1 Å². The van der Waals surface area contributed by atoms with E-state index in [1.807, 2.05) is 29.7 Å². The molecule has 0 fully saturated rings. The average molecular weight is 458 g/mol. The van der Waals surface area contributed by atoms with Gasteiger partial charge in [0.1, 0.15) is 6.61 Å². The molecular formula is C26H22N2O6. The van der Waals surface area contributed by atoms with Gasteiger partial charge in [-0.25, -0.2) is 15.1 Å². The van der Waals surface area contributed by atoms with Gasteiger partial charge in [0.05, 0.1) is 0 Å². The molecule has 0 aliphatic heterocycles. The van der Waals surface area contributed by atoms with Crippen molar-refractivity contribution >= 4 is 29.7 Å². The lowest BCUT2D eigenvalue weighted by atomic mass is 9.98. The molecule has 0 bridgehead atoms. The summed E-state index contributed by atoms with van der Waals surface area (Å²) in [6, 6.07) is 23.1. The van der Waals surface area contributed by atoms with Crippen molar-refractivity contribution in [1.29, 1.82) is 0 Å². The summed E-state index contributed by atoms with van der Waals surface area (Å²) in [7, 11) is 0. The van der Waals surface area contributed by atoms with Crippen LogP contribution in [0.25, 0.3) is 17.2 Å². The number of carboxylic acid groups (broad SMARTS) is 1. The number of carbonyl (C=O) groups excluding carboxylic acids is 2. The second-order valence-electron chi connectivity index (χ2n) is 7.56. The molecule has 0 unspecified atom stereocenters. The minimum atomic E-state index is -1.20. The predicted molar refractivity (Wildman–Crippen MR) is 126 cm³/mol. The fraction of sp³-hybridized carbons (Fsp3) is 0.115. The largest absolute Gasteiger partial charge is 0.479 e. The first kappa shape index (κ1) is 22.8. The number of nitrogens with one attached hydrogen (secondary N) is 2. The number of hydroxylamine groups is 1. The highest BCUT2D eigenvalue weighted by molar-refractivity contribution is 5.91. The Labute approximate surface area is 195 Å². The van der Waals surface area contributed by atoms with E-state index in [4.69, 9.17) is 9.84 Å². The van der Waals surface area contributed by atoms with E-state index in [1.165, 1.54) is 12.2 Å². The van der Waals surface area contributed by atoms with Crippen LogP contribution in [0.1, 0.15) is 22.6 Å². The first-order valence-electron chi connectivity index (χ1n) is 10.5. The van der Waals surface area contributed by atoms with E-state index in [0.717, 1.165) is 22.3 Å². The number of ether oxygens (including phenoxy) is 1. The highest BCUT2D eigenvalue weighted by atomic mass is 16.7. The molecule has 8 heteroatoms. The number of benzene rings is 3. The molecule has 0 heterocycles. The zero-order valence-electron chi connectivity index (χ0n) is 18.1. The molecule has 3 aromatic carbocycles. The maximum absolute atomic E-state index is 12.5. The van der Waals surface area contributed by atoms with Crippen molar-refractivity contribution in [2.24, 2.45) is 0 Å². The summed E-state index contributed by atoms with van der Waals surface area (Å²) < 4.78 is 5.55. The molecule has 0 atom stereocenters. The molecule has 34 heavy (non-hydrogen) atoms. The van der Waals surface area contributed by atoms with Gasteiger partial charge in [0.25, 0.3) is 5.91 Å². The van der Waals surface area contributed by atoms with Crippen molar-refractivity contribution in [2.45, 2.75) is 5.92 Å². The highest BCUT2D eigenvalue weighted by Gasteiger charge is 2.28. The van der Waals surface area contributed by atoms with E-state index in [1.54, 1.807) is 24.3 Å². The first-order valence-corrected chi connectivity index (χ1v) is 10.5. The quantitative estimate of drug-likeness (QED) is 0.345. The molecule has 0 aromatic heterocycles. The Balaban J connectivity index is 1.34. The van der Waals surface area contributed by atoms with Crippen LogP contribution in [0.3, 0.4) is 0 Å². The maximum atomic E-state index is 12.5. The predicted octanol–water partition coefficient (Wildman–Crippen LogP) is 4.19. The van der Waals surface area contributed by atoms with Gasteiger partial charge in [-0.2, -0.15) is 0 Å². The van der Waals surface area contributed by atoms with Crippen LogP contribution >= 0.6 is 0 Å². The minimum absolute atomic E-state index is 0.0331. The summed E-state index contributed by atoms with van der Waals surface area (Å²) in [5.41, 5.74) is 7.72. The normalized spacial score (nSPS) is 12.1. The number of carboxylic acids is 1. The van der Waals surface area contributed by atoms with Gasteiger partial charge in [0.2, 0.25) is 0 Å². The van der Waals surface area contributed by atoms with Crippen LogP contribution in [0.4, 0.5) is 10.5 Å². The zero-order chi connectivity index (χ0) is 23.9. The summed E-state index contributed by atoms with van der Waals surface area (Å²) >= 11 is 0. The second kappa shape index (κ2) is 10.5. The number of anilines is 1. The molecule has 172 valence electrons. The van der Waals surface area contributed by atoms with E-state index in [9.17, 15) is 14.4 Å². The molecular weight excluding hydrogens is 436 g/mol. The molecule has 0 saturated heterocycles. The Hall–Kier alpha value is -4.43. The van der Waals surface area contributed by atoms with Crippen molar-refractivity contribution in [3.63, 3.8) is 0 Å². The molecule has 3 aromatic rings. The third-order valence-corrected chi connectivity index (χ3v) is 5.27. The Morgan fingerprint density at radius 1 is 0.912 bits per heavy atom. The van der Waals surface area contributed by atoms with E-state index < -0.39 is 24.6 Å². The fourth-order valence-corrected chi connectivity index (χ4v) is 3.85. The van der Waals surface area contributed by atoms with Crippen LogP contribution in [-0.4, -0.2) is 36.3 Å². The SMILES string of the molecule is O=C(O)CONC(=O)/C=C/c1cccc(NC(=O)OCC2c3ccccc3-c3ccccc32)c1. The van der Waals surface area contributed by atoms with Crippen molar-refractivity contribution in [3.8, 4) is 11.1 Å². The summed E-state index contributed by atoms with van der Waals surface area (Å²) in [4.78, 5) is 39.0. The van der Waals surface area contributed by atoms with Crippen LogP contribution < -0.4 is 10.8 Å². The lowest BCUT2D eigenvalue weighted by Gasteiger charge is -2.14. The maximum Gasteiger partial charge on any atom is 0.411 e. The summed E-state index contributed by atoms with van der Waals surface area (Å²) in [5, 5.41) is 11.2. The molecule has 1 aliphatic carbocycles. The summed E-state index contributed by atoms with van der Waals surface area (Å²) in [6.45, 7) is -0.435. The molecule has 2 amide bonds. The van der Waals surface area contributed by atoms with Gasteiger partial charge in [-0.1, -0.05) is 60.7 Å². The van der Waals surface area contributed by atoms with Gasteiger partial charge in [-0.15, -0.1) is 0 Å². The van der Waals surface area contributed by atoms with E-state index >= 15 is 0 Å². The lowest BCUT2D eigenvalue weighted by Crippen LogP contribution is -2.24. The van der Waals surface area contributed by atoms with E-state index in [-0.39, 0.29) is 12.5 Å². The standard InChI is InChI=1S/C26H22N2O6/c29-24(28-34-16-25(30)31)13-12-17-6-5-7-18(14-17)27-26(32)33-15-23-21-10-3-1-8-19(21)20-9-2-4-11-22(20)23/h1-14,23H,15-16H2,(H,27,32)(H,28,29)(H,30,31)/b13-12+. The third kappa shape index (κ3) is 5.48. The minimum Gasteiger partial charge on any atom is -0.479 e. The van der Waals surface area contributed by atoms with Gasteiger partial charge in [-0.3, -0.25) is 14.9 Å². The van der Waals surface area contributed by atoms with E-state index in [2.05, 4.69) is 34.4 Å². The number of fused-ring (bicyclic) bond motifs is 3. The zero-order valence-corrected chi connectivity index (χ0v) is 18.1. The van der Waals surface area contributed by atoms with Crippen LogP contribution in [0.15, 0.2) is 78.9 Å². The number of hydrogen-bond donors (Lipinski definition) is 3. The van der Waals surface area contributed by atoms with E-state index in [0.29, 0.717) is 11.3 Å². The van der Waals surface area contributed by atoms with Gasteiger partial charge < -0.3 is 9.84 Å². The van der Waals surface area contributed by atoms with Crippen LogP contribution in [-0.2, 0) is 19.2 Å². The molecule has 1 aliphatic rings. The Morgan fingerprint density at radius 3 is 2.26 bits per heavy atom. The summed E-state index contributed by atoms with van der Waals surface area (Å²) in [5.74, 6) is -1.85. The van der Waals surface area contributed by atoms with Crippen LogP contribution in [0.5, 0.6) is 0 Å². The highest BCUT2D eigenvalue weighted by Crippen LogP contribution is 2.44. The number of carbonyl (C=O) groups is 3. The molecule has 4 rings (SSSR count). The van der Waals surface area contributed by atoms with Crippen molar-refractivity contribution < 1.29 is 29.1 Å². The van der Waals surface area contributed by atoms with Gasteiger partial charge in [0, 0.05) is 17.7 Å². The molecule has 0 radical (unpaired) electrons. The third-order valence-electron chi connectivity index (χ3n) is 5.27. The first-order chi connectivity index (χ1) is 16.5. The monoisotopic (exact) mass is 458 g/mol. The van der Waals surface area contributed by atoms with Crippen molar-refractivity contribution in [2.75, 3.05) is 18.5 Å². The molecule has 0 spiro atoms. The van der Waals surface area contributed by atoms with Crippen LogP contribution in [0, 0.1) is 0 Å². The Morgan fingerprint density at radius 2 is 1.59 bits per heavy atom. The van der Waals surface area contributed by atoms with Crippen molar-refractivity contribution in [3.05, 3.63) is 95.6 Å². The average Bonchev–Trinajstić information content (AvgIpc) is 3.15. The topological polar surface area (TPSA) is 114 Å². The Kier molecular flexibility index (Phi) is 7.00. The van der Waals surface area contributed by atoms with Crippen LogP contribution in [0.2, 0.25) is 0 Å². The fourth-order valence-electron chi connectivity index (χ4n) is 3.85. The number of rotatable bonds is 8. The van der Waals surface area contributed by atoms with Crippen molar-refractivity contribution in [1.82, 2.24) is 5.48 Å². The second-order valence-corrected chi connectivity index (χ2v) is 7.56. The molecule has 8 nitrogen and oxygen atoms in total. The molecule has 0 saturated carbocycles. The Bertz CT molecular complexity index is 1210. The number of amides is 2. The molecule has 3 N–H and O–H groups in total. The number of aliphatic carboxylic acids is 1. The number of hydrogen-bond acceptors (Lipinski definition) is 5. The smallest absolute Gasteiger partial charge is 0.411 e. The lowest BCUT2D eigenvalue weighted by molar-refractivity contribution is -0.147.